The maximum absolute atomic E-state index is 10.6. The molecule has 16 heavy (non-hydrogen) atoms. The van der Waals surface area contributed by atoms with Gasteiger partial charge in [0.05, 0.1) is 4.92 Å². The van der Waals surface area contributed by atoms with Gasteiger partial charge < -0.3 is 5.11 Å². The summed E-state index contributed by atoms with van der Waals surface area (Å²) in [5, 5.41) is 20.1. The lowest BCUT2D eigenvalue weighted by molar-refractivity contribution is -0.385. The van der Waals surface area contributed by atoms with E-state index in [9.17, 15) is 15.2 Å². The molecule has 1 atom stereocenters. The van der Waals surface area contributed by atoms with Crippen LogP contribution in [0.3, 0.4) is 0 Å². The quantitative estimate of drug-likeness (QED) is 0.605. The number of benzene rings is 1. The van der Waals surface area contributed by atoms with Crippen molar-refractivity contribution in [1.82, 2.24) is 4.90 Å². The molecule has 1 aromatic carbocycles. The first-order chi connectivity index (χ1) is 7.58. The van der Waals surface area contributed by atoms with Crippen LogP contribution >= 0.6 is 0 Å². The van der Waals surface area contributed by atoms with E-state index in [-0.39, 0.29) is 10.6 Å². The third-order valence-electron chi connectivity index (χ3n) is 2.97. The highest BCUT2D eigenvalue weighted by atomic mass is 16.6. The molecule has 1 aliphatic rings. The largest absolute Gasteiger partial charge is 0.379 e. The fraction of sp³-hybridized carbons (Fsp3) is 0.455. The summed E-state index contributed by atoms with van der Waals surface area (Å²) in [7, 11) is 0. The van der Waals surface area contributed by atoms with Crippen LogP contribution in [0.4, 0.5) is 5.69 Å². The Morgan fingerprint density at radius 2 is 2.25 bits per heavy atom. The minimum atomic E-state index is -0.507. The molecule has 0 radical (unpaired) electrons. The number of nitrogens with zero attached hydrogens (tertiary/aromatic N) is 2. The van der Waals surface area contributed by atoms with Gasteiger partial charge in [0.1, 0.15) is 6.23 Å². The Hall–Kier alpha value is -1.46. The Labute approximate surface area is 93.5 Å². The zero-order chi connectivity index (χ0) is 11.7. The molecule has 0 spiro atoms. The highest BCUT2D eigenvalue weighted by Gasteiger charge is 2.21. The molecule has 1 N–H and O–H groups in total. The number of fused-ring (bicyclic) bond motifs is 1. The number of aliphatic hydroxyl groups excluding tert-OH is 1. The highest BCUT2D eigenvalue weighted by Crippen LogP contribution is 2.24. The normalized spacial score (nSPS) is 17.9. The monoisotopic (exact) mass is 222 g/mol. The maximum atomic E-state index is 10.6. The van der Waals surface area contributed by atoms with Gasteiger partial charge in [-0.05, 0) is 24.5 Å². The van der Waals surface area contributed by atoms with E-state index in [0.717, 1.165) is 24.1 Å². The number of non-ortho nitro benzene ring substituents is 1. The van der Waals surface area contributed by atoms with Crippen molar-refractivity contribution >= 4 is 5.69 Å². The number of hydrogen-bond donors (Lipinski definition) is 1. The first-order valence-electron chi connectivity index (χ1n) is 5.26. The van der Waals surface area contributed by atoms with E-state index in [2.05, 4.69) is 0 Å². The van der Waals surface area contributed by atoms with E-state index in [4.69, 9.17) is 0 Å². The van der Waals surface area contributed by atoms with Gasteiger partial charge in [-0.1, -0.05) is 6.07 Å². The zero-order valence-electron chi connectivity index (χ0n) is 9.09. The van der Waals surface area contributed by atoms with Crippen LogP contribution in [0, 0.1) is 10.1 Å². The van der Waals surface area contributed by atoms with Gasteiger partial charge in [-0.15, -0.1) is 0 Å². The molecule has 5 heteroatoms. The van der Waals surface area contributed by atoms with E-state index in [1.165, 1.54) is 6.07 Å². The Bertz CT molecular complexity index is 418. The summed E-state index contributed by atoms with van der Waals surface area (Å²) in [4.78, 5) is 12.2. The first kappa shape index (κ1) is 11.0. The molecule has 0 saturated carbocycles. The van der Waals surface area contributed by atoms with E-state index in [1.54, 1.807) is 13.0 Å². The first-order valence-corrected chi connectivity index (χ1v) is 5.26. The van der Waals surface area contributed by atoms with Crippen LogP contribution in [-0.2, 0) is 13.0 Å². The molecule has 86 valence electrons. The predicted molar refractivity (Wildman–Crippen MR) is 58.9 cm³/mol. The Morgan fingerprint density at radius 3 is 2.88 bits per heavy atom. The number of aliphatic hydroxyl groups is 1. The van der Waals surface area contributed by atoms with Gasteiger partial charge in [-0.3, -0.25) is 15.0 Å². The van der Waals surface area contributed by atoms with E-state index in [1.807, 2.05) is 11.0 Å². The fourth-order valence-corrected chi connectivity index (χ4v) is 2.00. The smallest absolute Gasteiger partial charge is 0.269 e. The molecule has 0 bridgehead atoms. The van der Waals surface area contributed by atoms with Crippen molar-refractivity contribution < 1.29 is 10.0 Å². The number of hydrogen-bond acceptors (Lipinski definition) is 4. The van der Waals surface area contributed by atoms with Crippen molar-refractivity contribution in [3.05, 3.63) is 39.4 Å². The van der Waals surface area contributed by atoms with Crippen molar-refractivity contribution in [2.45, 2.75) is 26.1 Å². The molecule has 1 unspecified atom stereocenters. The van der Waals surface area contributed by atoms with Crippen LogP contribution < -0.4 is 0 Å². The Morgan fingerprint density at radius 1 is 1.50 bits per heavy atom. The minimum absolute atomic E-state index is 0.117. The molecule has 0 amide bonds. The van der Waals surface area contributed by atoms with Gasteiger partial charge in [0, 0.05) is 25.2 Å². The second-order valence-corrected chi connectivity index (χ2v) is 4.06. The third kappa shape index (κ3) is 2.05. The van der Waals surface area contributed by atoms with Crippen LogP contribution in [0.1, 0.15) is 18.1 Å². The lowest BCUT2D eigenvalue weighted by Crippen LogP contribution is -2.37. The lowest BCUT2D eigenvalue weighted by Gasteiger charge is -2.30. The molecular weight excluding hydrogens is 208 g/mol. The van der Waals surface area contributed by atoms with Crippen molar-refractivity contribution in [2.24, 2.45) is 0 Å². The van der Waals surface area contributed by atoms with Crippen LogP contribution in [0.25, 0.3) is 0 Å². The molecule has 5 nitrogen and oxygen atoms in total. The molecule has 0 saturated heterocycles. The van der Waals surface area contributed by atoms with Gasteiger partial charge in [0.25, 0.3) is 5.69 Å². The summed E-state index contributed by atoms with van der Waals surface area (Å²) in [6.45, 7) is 3.08. The van der Waals surface area contributed by atoms with Crippen LogP contribution in [0.5, 0.6) is 0 Å². The highest BCUT2D eigenvalue weighted by molar-refractivity contribution is 5.41. The summed E-state index contributed by atoms with van der Waals surface area (Å²) in [5.41, 5.74) is 2.20. The van der Waals surface area contributed by atoms with Gasteiger partial charge in [0.2, 0.25) is 0 Å². The van der Waals surface area contributed by atoms with Gasteiger partial charge in [-0.25, -0.2) is 0 Å². The number of nitro groups is 1. The molecule has 0 fully saturated rings. The van der Waals surface area contributed by atoms with Gasteiger partial charge in [0.15, 0.2) is 0 Å². The van der Waals surface area contributed by atoms with Gasteiger partial charge >= 0.3 is 0 Å². The molecule has 0 aromatic heterocycles. The summed E-state index contributed by atoms with van der Waals surface area (Å²) < 4.78 is 0. The molecule has 0 aliphatic carbocycles. The van der Waals surface area contributed by atoms with Crippen LogP contribution in [0.2, 0.25) is 0 Å². The topological polar surface area (TPSA) is 66.6 Å². The Balaban J connectivity index is 2.28. The predicted octanol–water partition coefficient (Wildman–Crippen LogP) is 1.29. The summed E-state index contributed by atoms with van der Waals surface area (Å²) in [5.74, 6) is 0. The van der Waals surface area contributed by atoms with Crippen molar-refractivity contribution in [1.29, 1.82) is 0 Å². The van der Waals surface area contributed by atoms with Crippen LogP contribution in [-0.4, -0.2) is 27.7 Å². The molecule has 2 rings (SSSR count). The second kappa shape index (κ2) is 4.19. The SMILES string of the molecule is CC(O)N1CCc2ccc([N+](=O)[O-])cc2C1. The van der Waals surface area contributed by atoms with Crippen LogP contribution in [0.15, 0.2) is 18.2 Å². The van der Waals surface area contributed by atoms with Gasteiger partial charge in [-0.2, -0.15) is 0 Å². The third-order valence-corrected chi connectivity index (χ3v) is 2.97. The molecule has 1 heterocycles. The minimum Gasteiger partial charge on any atom is -0.379 e. The van der Waals surface area contributed by atoms with Crippen molar-refractivity contribution in [3.8, 4) is 0 Å². The second-order valence-electron chi connectivity index (χ2n) is 4.06. The molecular formula is C11H14N2O3. The molecule has 1 aromatic rings. The fourth-order valence-electron chi connectivity index (χ4n) is 2.00. The number of rotatable bonds is 2. The average molecular weight is 222 g/mol. The number of nitro benzene ring substituents is 1. The van der Waals surface area contributed by atoms with Crippen molar-refractivity contribution in [3.63, 3.8) is 0 Å². The summed E-state index contributed by atoms with van der Waals surface area (Å²) in [6.07, 6.45) is 0.325. The Kier molecular flexibility index (Phi) is 2.89. The summed E-state index contributed by atoms with van der Waals surface area (Å²) in [6, 6.07) is 4.95. The zero-order valence-corrected chi connectivity index (χ0v) is 9.09. The lowest BCUT2D eigenvalue weighted by atomic mass is 9.99. The van der Waals surface area contributed by atoms with E-state index >= 15 is 0 Å². The van der Waals surface area contributed by atoms with E-state index < -0.39 is 6.23 Å². The standard InChI is InChI=1S/C11H14N2O3/c1-8(14)12-5-4-9-2-3-11(13(15)16)6-10(9)7-12/h2-3,6,8,14H,4-5,7H2,1H3. The maximum Gasteiger partial charge on any atom is 0.269 e. The summed E-state index contributed by atoms with van der Waals surface area (Å²) >= 11 is 0. The molecule has 1 aliphatic heterocycles. The van der Waals surface area contributed by atoms with Crippen molar-refractivity contribution in [2.75, 3.05) is 6.54 Å². The average Bonchev–Trinajstić information content (AvgIpc) is 2.27. The van der Waals surface area contributed by atoms with E-state index in [0.29, 0.717) is 6.54 Å².